The third-order valence-corrected chi connectivity index (χ3v) is 4.45. The van der Waals surface area contributed by atoms with Gasteiger partial charge >= 0.3 is 5.97 Å². The number of aliphatic carboxylic acids is 1. The van der Waals surface area contributed by atoms with Crippen molar-refractivity contribution < 1.29 is 24.2 Å². The lowest BCUT2D eigenvalue weighted by Crippen LogP contribution is -2.40. The summed E-state index contributed by atoms with van der Waals surface area (Å²) in [6, 6.07) is 4.69. The first-order valence-corrected chi connectivity index (χ1v) is 8.38. The summed E-state index contributed by atoms with van der Waals surface area (Å²) in [6.45, 7) is 0.930. The number of hydrogen-bond acceptors (Lipinski definition) is 4. The molecular formula is C16H19Cl2NO5. The SMILES string of the molecule is O=C(COc1ccc(Cl)cc1Cl)NCC(C(=O)O)C1CCOCC1. The average Bonchev–Trinajstić information content (AvgIpc) is 2.55. The Hall–Kier alpha value is -1.50. The molecule has 1 aliphatic rings. The first kappa shape index (κ1) is 18.8. The lowest BCUT2D eigenvalue weighted by Gasteiger charge is -2.27. The third kappa shape index (κ3) is 5.54. The fraction of sp³-hybridized carbons (Fsp3) is 0.500. The van der Waals surface area contributed by atoms with E-state index in [0.717, 1.165) is 0 Å². The second-order valence-electron chi connectivity index (χ2n) is 5.56. The van der Waals surface area contributed by atoms with Gasteiger partial charge in [-0.05, 0) is 37.0 Å². The fourth-order valence-electron chi connectivity index (χ4n) is 2.58. The van der Waals surface area contributed by atoms with Crippen LogP contribution in [0.2, 0.25) is 10.0 Å². The van der Waals surface area contributed by atoms with Crippen molar-refractivity contribution in [3.8, 4) is 5.75 Å². The molecule has 1 aromatic rings. The Morgan fingerprint density at radius 2 is 2.04 bits per heavy atom. The first-order valence-electron chi connectivity index (χ1n) is 7.62. The van der Waals surface area contributed by atoms with Gasteiger partial charge in [-0.2, -0.15) is 0 Å². The Kier molecular flexibility index (Phi) is 7.15. The van der Waals surface area contributed by atoms with Crippen molar-refractivity contribution in [1.82, 2.24) is 5.32 Å². The molecular weight excluding hydrogens is 357 g/mol. The van der Waals surface area contributed by atoms with Crippen molar-refractivity contribution in [3.05, 3.63) is 28.2 Å². The summed E-state index contributed by atoms with van der Waals surface area (Å²) in [4.78, 5) is 23.3. The number of carbonyl (C=O) groups is 2. The van der Waals surface area contributed by atoms with E-state index in [2.05, 4.69) is 5.32 Å². The van der Waals surface area contributed by atoms with Gasteiger partial charge in [-0.3, -0.25) is 9.59 Å². The number of carboxylic acids is 1. The maximum atomic E-state index is 11.9. The molecule has 0 bridgehead atoms. The highest BCUT2D eigenvalue weighted by Crippen LogP contribution is 2.27. The Morgan fingerprint density at radius 3 is 2.67 bits per heavy atom. The number of carbonyl (C=O) groups excluding carboxylic acids is 1. The van der Waals surface area contributed by atoms with E-state index in [4.69, 9.17) is 32.7 Å². The van der Waals surface area contributed by atoms with Crippen LogP contribution in [0.4, 0.5) is 0 Å². The van der Waals surface area contributed by atoms with Crippen LogP contribution in [-0.2, 0) is 14.3 Å². The molecule has 8 heteroatoms. The van der Waals surface area contributed by atoms with Gasteiger partial charge in [0, 0.05) is 24.8 Å². The van der Waals surface area contributed by atoms with Gasteiger partial charge in [-0.1, -0.05) is 23.2 Å². The molecule has 0 aromatic heterocycles. The van der Waals surface area contributed by atoms with Gasteiger partial charge in [0.25, 0.3) is 5.91 Å². The molecule has 0 spiro atoms. The van der Waals surface area contributed by atoms with E-state index in [-0.39, 0.29) is 19.1 Å². The summed E-state index contributed by atoms with van der Waals surface area (Å²) < 4.78 is 10.6. The van der Waals surface area contributed by atoms with Crippen LogP contribution in [-0.4, -0.2) is 43.3 Å². The van der Waals surface area contributed by atoms with Gasteiger partial charge < -0.3 is 19.9 Å². The Bertz CT molecular complexity index is 590. The van der Waals surface area contributed by atoms with E-state index in [1.165, 1.54) is 6.07 Å². The zero-order chi connectivity index (χ0) is 17.5. The Labute approximate surface area is 150 Å². The number of halogens is 2. The summed E-state index contributed by atoms with van der Waals surface area (Å²) in [7, 11) is 0. The van der Waals surface area contributed by atoms with Gasteiger partial charge in [0.05, 0.1) is 10.9 Å². The first-order chi connectivity index (χ1) is 11.5. The molecule has 132 valence electrons. The van der Waals surface area contributed by atoms with Crippen LogP contribution < -0.4 is 10.1 Å². The van der Waals surface area contributed by atoms with Crippen molar-refractivity contribution in [2.45, 2.75) is 12.8 Å². The lowest BCUT2D eigenvalue weighted by atomic mass is 9.86. The van der Waals surface area contributed by atoms with E-state index in [9.17, 15) is 14.7 Å². The van der Waals surface area contributed by atoms with Crippen LogP contribution in [0.3, 0.4) is 0 Å². The molecule has 2 N–H and O–H groups in total. The number of rotatable bonds is 7. The average molecular weight is 376 g/mol. The van der Waals surface area contributed by atoms with Gasteiger partial charge in [-0.15, -0.1) is 0 Å². The summed E-state index contributed by atoms with van der Waals surface area (Å²) in [5.74, 6) is -1.60. The van der Waals surface area contributed by atoms with Crippen LogP contribution in [0.1, 0.15) is 12.8 Å². The summed E-state index contributed by atoms with van der Waals surface area (Å²) in [5, 5.41) is 12.7. The number of benzene rings is 1. The quantitative estimate of drug-likeness (QED) is 0.764. The highest BCUT2D eigenvalue weighted by Gasteiger charge is 2.30. The molecule has 2 rings (SSSR count). The summed E-state index contributed by atoms with van der Waals surface area (Å²) >= 11 is 11.7. The molecule has 6 nitrogen and oxygen atoms in total. The predicted octanol–water partition coefficient (Wildman–Crippen LogP) is 2.62. The van der Waals surface area contributed by atoms with Gasteiger partial charge in [-0.25, -0.2) is 0 Å². The van der Waals surface area contributed by atoms with Crippen molar-refractivity contribution in [2.75, 3.05) is 26.4 Å². The Balaban J connectivity index is 1.81. The largest absolute Gasteiger partial charge is 0.482 e. The monoisotopic (exact) mass is 375 g/mol. The molecule has 1 heterocycles. The van der Waals surface area contributed by atoms with E-state index >= 15 is 0 Å². The van der Waals surface area contributed by atoms with E-state index in [1.54, 1.807) is 12.1 Å². The lowest BCUT2D eigenvalue weighted by molar-refractivity contribution is -0.145. The van der Waals surface area contributed by atoms with Crippen LogP contribution in [0, 0.1) is 11.8 Å². The molecule has 24 heavy (non-hydrogen) atoms. The minimum absolute atomic E-state index is 0.00294. The molecule has 1 amide bonds. The topological polar surface area (TPSA) is 84.9 Å². The van der Waals surface area contributed by atoms with Crippen molar-refractivity contribution in [3.63, 3.8) is 0 Å². The molecule has 1 fully saturated rings. The molecule has 0 saturated carbocycles. The standard InChI is InChI=1S/C16H19Cl2NO5/c17-11-1-2-14(13(18)7-11)24-9-15(20)19-8-12(16(21)22)10-3-5-23-6-4-10/h1-2,7,10,12H,3-6,8-9H2,(H,19,20)(H,21,22). The number of ether oxygens (including phenoxy) is 2. The van der Waals surface area contributed by atoms with E-state index < -0.39 is 17.8 Å². The van der Waals surface area contributed by atoms with Crippen molar-refractivity contribution >= 4 is 35.1 Å². The maximum Gasteiger partial charge on any atom is 0.308 e. The minimum Gasteiger partial charge on any atom is -0.482 e. The van der Waals surface area contributed by atoms with Crippen LogP contribution in [0.25, 0.3) is 0 Å². The minimum atomic E-state index is -0.913. The molecule has 1 unspecified atom stereocenters. The Morgan fingerprint density at radius 1 is 1.33 bits per heavy atom. The zero-order valence-corrected chi connectivity index (χ0v) is 14.5. The molecule has 0 radical (unpaired) electrons. The highest BCUT2D eigenvalue weighted by molar-refractivity contribution is 6.35. The van der Waals surface area contributed by atoms with Gasteiger partial charge in [0.2, 0.25) is 0 Å². The number of hydrogen-bond donors (Lipinski definition) is 2. The van der Waals surface area contributed by atoms with Crippen LogP contribution in [0.15, 0.2) is 18.2 Å². The smallest absolute Gasteiger partial charge is 0.308 e. The van der Waals surface area contributed by atoms with E-state index in [1.807, 2.05) is 0 Å². The van der Waals surface area contributed by atoms with Gasteiger partial charge in [0.15, 0.2) is 6.61 Å². The highest BCUT2D eigenvalue weighted by atomic mass is 35.5. The molecule has 1 saturated heterocycles. The molecule has 1 atom stereocenters. The van der Waals surface area contributed by atoms with Crippen molar-refractivity contribution in [2.24, 2.45) is 11.8 Å². The predicted molar refractivity (Wildman–Crippen MR) is 89.6 cm³/mol. The van der Waals surface area contributed by atoms with E-state index in [0.29, 0.717) is 41.9 Å². The molecule has 0 aliphatic carbocycles. The third-order valence-electron chi connectivity index (χ3n) is 3.92. The molecule has 1 aliphatic heterocycles. The van der Waals surface area contributed by atoms with Crippen LogP contribution >= 0.6 is 23.2 Å². The number of amides is 1. The zero-order valence-electron chi connectivity index (χ0n) is 13.0. The number of carboxylic acid groups (broad SMARTS) is 1. The van der Waals surface area contributed by atoms with Crippen molar-refractivity contribution in [1.29, 1.82) is 0 Å². The second-order valence-corrected chi connectivity index (χ2v) is 6.41. The maximum absolute atomic E-state index is 11.9. The normalized spacial score (nSPS) is 16.4. The second kappa shape index (κ2) is 9.11. The summed E-state index contributed by atoms with van der Waals surface area (Å²) in [6.07, 6.45) is 1.37. The summed E-state index contributed by atoms with van der Waals surface area (Å²) in [5.41, 5.74) is 0. The van der Waals surface area contributed by atoms with Crippen LogP contribution in [0.5, 0.6) is 5.75 Å². The molecule has 1 aromatic carbocycles. The fourth-order valence-corrected chi connectivity index (χ4v) is 3.05. The van der Waals surface area contributed by atoms with Gasteiger partial charge in [0.1, 0.15) is 5.75 Å². The number of nitrogens with one attached hydrogen (secondary N) is 1.